The fourth-order valence-electron chi connectivity index (χ4n) is 2.73. The molecular formula is C21H22ClN3O5. The monoisotopic (exact) mass is 431 g/mol. The van der Waals surface area contributed by atoms with Crippen molar-refractivity contribution in [3.8, 4) is 28.6 Å². The Balaban J connectivity index is 1.61. The van der Waals surface area contributed by atoms with E-state index in [1.54, 1.807) is 12.1 Å². The number of carbonyl (C=O) groups is 1. The van der Waals surface area contributed by atoms with Gasteiger partial charge >= 0.3 is 0 Å². The van der Waals surface area contributed by atoms with E-state index >= 15 is 0 Å². The zero-order valence-corrected chi connectivity index (χ0v) is 17.7. The topological polar surface area (TPSA) is 95.7 Å². The Kier molecular flexibility index (Phi) is 7.13. The second-order valence-electron chi connectivity index (χ2n) is 6.20. The van der Waals surface area contributed by atoms with E-state index in [9.17, 15) is 4.79 Å². The van der Waals surface area contributed by atoms with Gasteiger partial charge in [-0.15, -0.1) is 0 Å². The number of amides is 1. The first kappa shape index (κ1) is 21.4. The average molecular weight is 432 g/mol. The van der Waals surface area contributed by atoms with Crippen LogP contribution in [-0.4, -0.2) is 36.9 Å². The predicted molar refractivity (Wildman–Crippen MR) is 112 cm³/mol. The molecule has 1 amide bonds. The minimum Gasteiger partial charge on any atom is -0.495 e. The maximum absolute atomic E-state index is 12.4. The molecule has 3 rings (SSSR count). The third-order valence-electron chi connectivity index (χ3n) is 4.21. The number of methoxy groups -OCH3 is 2. The number of nitrogens with one attached hydrogen (secondary N) is 1. The molecule has 1 heterocycles. The zero-order chi connectivity index (χ0) is 21.5. The fraction of sp³-hybridized carbons (Fsp3) is 0.286. The van der Waals surface area contributed by atoms with Gasteiger partial charge in [-0.05, 0) is 31.2 Å². The highest BCUT2D eigenvalue weighted by Crippen LogP contribution is 2.36. The summed E-state index contributed by atoms with van der Waals surface area (Å²) >= 11 is 6.08. The molecule has 2 aromatic carbocycles. The van der Waals surface area contributed by atoms with Crippen molar-refractivity contribution in [1.82, 2.24) is 10.1 Å². The first-order chi connectivity index (χ1) is 14.5. The first-order valence-electron chi connectivity index (χ1n) is 9.31. The van der Waals surface area contributed by atoms with E-state index in [1.165, 1.54) is 14.2 Å². The summed E-state index contributed by atoms with van der Waals surface area (Å²) in [5.74, 6) is 2.23. The number of anilines is 1. The Hall–Kier alpha value is -3.26. The first-order valence-corrected chi connectivity index (χ1v) is 9.69. The molecule has 0 fully saturated rings. The van der Waals surface area contributed by atoms with Crippen molar-refractivity contribution >= 4 is 23.2 Å². The Morgan fingerprint density at radius 1 is 1.13 bits per heavy atom. The van der Waals surface area contributed by atoms with Gasteiger partial charge in [0, 0.05) is 30.5 Å². The van der Waals surface area contributed by atoms with Crippen molar-refractivity contribution < 1.29 is 23.5 Å². The number of hydrogen-bond donors (Lipinski definition) is 1. The summed E-state index contributed by atoms with van der Waals surface area (Å²) in [4.78, 5) is 16.7. The van der Waals surface area contributed by atoms with Gasteiger partial charge < -0.3 is 24.1 Å². The third-order valence-corrected chi connectivity index (χ3v) is 4.50. The molecule has 158 valence electrons. The molecule has 0 saturated carbocycles. The molecule has 0 aliphatic heterocycles. The summed E-state index contributed by atoms with van der Waals surface area (Å²) in [6.45, 7) is 2.53. The molecule has 0 bridgehead atoms. The minimum absolute atomic E-state index is 0.152. The fourth-order valence-corrected chi connectivity index (χ4v) is 2.96. The minimum atomic E-state index is -0.238. The third kappa shape index (κ3) is 5.21. The molecule has 0 saturated heterocycles. The van der Waals surface area contributed by atoms with E-state index in [2.05, 4.69) is 15.5 Å². The quantitative estimate of drug-likeness (QED) is 0.537. The van der Waals surface area contributed by atoms with Crippen LogP contribution in [0.25, 0.3) is 11.4 Å². The molecule has 9 heteroatoms. The molecule has 3 aromatic rings. The largest absolute Gasteiger partial charge is 0.495 e. The van der Waals surface area contributed by atoms with Crippen LogP contribution in [0.1, 0.15) is 19.2 Å². The van der Waals surface area contributed by atoms with Crippen LogP contribution in [0.4, 0.5) is 5.69 Å². The van der Waals surface area contributed by atoms with Crippen molar-refractivity contribution in [3.05, 3.63) is 47.3 Å². The number of ether oxygens (including phenoxy) is 3. The molecule has 1 N–H and O–H groups in total. The standard InChI is InChI=1S/C21H22ClN3O5/c1-4-29-14-7-5-13(6-8-14)21-24-20(30-25-21)10-9-19(26)23-16-12-17(27-2)15(22)11-18(16)28-3/h5-8,11-12H,4,9-10H2,1-3H3,(H,23,26). The number of carbonyl (C=O) groups excluding carboxylic acids is 1. The van der Waals surface area contributed by atoms with E-state index in [4.69, 9.17) is 30.3 Å². The molecule has 0 aliphatic carbocycles. The van der Waals surface area contributed by atoms with E-state index < -0.39 is 0 Å². The number of aromatic nitrogens is 2. The van der Waals surface area contributed by atoms with Gasteiger partial charge in [0.15, 0.2) is 0 Å². The number of halogens is 1. The average Bonchev–Trinajstić information content (AvgIpc) is 3.23. The molecule has 0 unspecified atom stereocenters. The maximum atomic E-state index is 12.4. The lowest BCUT2D eigenvalue weighted by molar-refractivity contribution is -0.116. The van der Waals surface area contributed by atoms with Crippen molar-refractivity contribution in [2.75, 3.05) is 26.1 Å². The Bertz CT molecular complexity index is 1000. The van der Waals surface area contributed by atoms with Crippen molar-refractivity contribution in [2.45, 2.75) is 19.8 Å². The van der Waals surface area contributed by atoms with Crippen molar-refractivity contribution in [2.24, 2.45) is 0 Å². The van der Waals surface area contributed by atoms with Crippen LogP contribution in [0.2, 0.25) is 5.02 Å². The van der Waals surface area contributed by atoms with Crippen LogP contribution in [0.15, 0.2) is 40.9 Å². The van der Waals surface area contributed by atoms with Crippen LogP contribution < -0.4 is 19.5 Å². The predicted octanol–water partition coefficient (Wildman–Crippen LogP) is 4.38. The van der Waals surface area contributed by atoms with Gasteiger partial charge in [-0.3, -0.25) is 4.79 Å². The molecule has 8 nitrogen and oxygen atoms in total. The summed E-state index contributed by atoms with van der Waals surface area (Å²) in [6.07, 6.45) is 0.446. The van der Waals surface area contributed by atoms with Crippen LogP contribution in [0, 0.1) is 0 Å². The van der Waals surface area contributed by atoms with Gasteiger partial charge in [-0.1, -0.05) is 16.8 Å². The highest BCUT2D eigenvalue weighted by molar-refractivity contribution is 6.32. The van der Waals surface area contributed by atoms with Gasteiger partial charge in [0.2, 0.25) is 17.6 Å². The van der Waals surface area contributed by atoms with Gasteiger partial charge in [-0.25, -0.2) is 0 Å². The van der Waals surface area contributed by atoms with E-state index in [0.29, 0.717) is 47.0 Å². The van der Waals surface area contributed by atoms with Gasteiger partial charge in [0.1, 0.15) is 17.2 Å². The molecule has 0 spiro atoms. The molecule has 0 atom stereocenters. The smallest absolute Gasteiger partial charge is 0.227 e. The maximum Gasteiger partial charge on any atom is 0.227 e. The molecule has 0 aliphatic rings. The lowest BCUT2D eigenvalue weighted by atomic mass is 10.2. The van der Waals surface area contributed by atoms with Gasteiger partial charge in [0.25, 0.3) is 0 Å². The second-order valence-corrected chi connectivity index (χ2v) is 6.61. The number of rotatable bonds is 9. The number of nitrogens with zero attached hydrogens (tertiary/aromatic N) is 2. The van der Waals surface area contributed by atoms with Crippen LogP contribution >= 0.6 is 11.6 Å². The van der Waals surface area contributed by atoms with Crippen molar-refractivity contribution in [3.63, 3.8) is 0 Å². The van der Waals surface area contributed by atoms with E-state index in [0.717, 1.165) is 11.3 Å². The summed E-state index contributed by atoms with van der Waals surface area (Å²) < 4.78 is 21.1. The number of aryl methyl sites for hydroxylation is 1. The van der Waals surface area contributed by atoms with Crippen LogP contribution in [-0.2, 0) is 11.2 Å². The number of hydrogen-bond acceptors (Lipinski definition) is 7. The number of benzene rings is 2. The summed E-state index contributed by atoms with van der Waals surface area (Å²) in [6, 6.07) is 10.6. The molecule has 30 heavy (non-hydrogen) atoms. The lowest BCUT2D eigenvalue weighted by Crippen LogP contribution is -2.13. The summed E-state index contributed by atoms with van der Waals surface area (Å²) in [5.41, 5.74) is 1.26. The summed E-state index contributed by atoms with van der Waals surface area (Å²) in [7, 11) is 2.99. The van der Waals surface area contributed by atoms with E-state index in [1.807, 2.05) is 31.2 Å². The second kappa shape index (κ2) is 9.98. The molecule has 0 radical (unpaired) electrons. The normalized spacial score (nSPS) is 10.5. The Morgan fingerprint density at radius 2 is 1.87 bits per heavy atom. The van der Waals surface area contributed by atoms with Crippen LogP contribution in [0.5, 0.6) is 17.2 Å². The summed E-state index contributed by atoms with van der Waals surface area (Å²) in [5, 5.41) is 7.15. The Morgan fingerprint density at radius 3 is 2.53 bits per heavy atom. The molecular weight excluding hydrogens is 410 g/mol. The zero-order valence-electron chi connectivity index (χ0n) is 16.9. The van der Waals surface area contributed by atoms with Crippen molar-refractivity contribution in [1.29, 1.82) is 0 Å². The van der Waals surface area contributed by atoms with Gasteiger partial charge in [0.05, 0.1) is 31.5 Å². The van der Waals surface area contributed by atoms with Crippen LogP contribution in [0.3, 0.4) is 0 Å². The molecule has 1 aromatic heterocycles. The van der Waals surface area contributed by atoms with Gasteiger partial charge in [-0.2, -0.15) is 4.98 Å². The highest BCUT2D eigenvalue weighted by Gasteiger charge is 2.15. The highest BCUT2D eigenvalue weighted by atomic mass is 35.5. The Labute approximate surface area is 179 Å². The lowest BCUT2D eigenvalue weighted by Gasteiger charge is -2.12. The van der Waals surface area contributed by atoms with E-state index in [-0.39, 0.29) is 12.3 Å². The SMILES string of the molecule is CCOc1ccc(-c2noc(CCC(=O)Nc3cc(OC)c(Cl)cc3OC)n2)cc1.